The Balaban J connectivity index is 2.41. The van der Waals surface area contributed by atoms with Crippen molar-refractivity contribution in [2.45, 2.75) is 45.0 Å². The average molecular weight is 380 g/mol. The molecule has 2 rings (SSSR count). The Morgan fingerprint density at radius 2 is 1.67 bits per heavy atom. The molecule has 0 spiro atoms. The van der Waals surface area contributed by atoms with Gasteiger partial charge in [0, 0.05) is 17.8 Å². The number of benzene rings is 2. The normalized spacial score (nSPS) is 13.5. The molecule has 0 aliphatic heterocycles. The molecule has 1 unspecified atom stereocenters. The topological polar surface area (TPSA) is 21.3 Å². The molecule has 0 fully saturated rings. The molecule has 3 heteroatoms. The van der Waals surface area contributed by atoms with Gasteiger partial charge in [0.05, 0.1) is 6.10 Å². The summed E-state index contributed by atoms with van der Waals surface area (Å²) in [5.41, 5.74) is 3.44. The highest BCUT2D eigenvalue weighted by molar-refractivity contribution is 6.74. The molecule has 1 atom stereocenters. The lowest BCUT2D eigenvalue weighted by Crippen LogP contribution is -2.41. The van der Waals surface area contributed by atoms with Crippen LogP contribution in [0.3, 0.4) is 0 Å². The number of hydrogen-bond acceptors (Lipinski definition) is 2. The van der Waals surface area contributed by atoms with Crippen molar-refractivity contribution >= 4 is 20.1 Å². The van der Waals surface area contributed by atoms with Crippen molar-refractivity contribution in [2.24, 2.45) is 0 Å². The van der Waals surface area contributed by atoms with Crippen LogP contribution in [-0.2, 0) is 4.43 Å². The molecule has 0 aromatic heterocycles. The zero-order chi connectivity index (χ0) is 19.9. The van der Waals surface area contributed by atoms with Gasteiger partial charge in [-0.05, 0) is 29.8 Å². The maximum Gasteiger partial charge on any atom is 0.193 e. The Bertz CT molecular complexity index is 759. The fraction of sp³-hybridized carbons (Fsp3) is 0.333. The molecule has 2 aromatic carbocycles. The van der Waals surface area contributed by atoms with Gasteiger partial charge in [-0.25, -0.2) is 0 Å². The van der Waals surface area contributed by atoms with E-state index in [2.05, 4.69) is 106 Å². The van der Waals surface area contributed by atoms with Crippen molar-refractivity contribution in [1.82, 2.24) is 0 Å². The van der Waals surface area contributed by atoms with E-state index in [9.17, 15) is 0 Å². The molecule has 0 saturated heterocycles. The first kappa shape index (κ1) is 21.2. The quantitative estimate of drug-likeness (QED) is 0.391. The Morgan fingerprint density at radius 1 is 1.04 bits per heavy atom. The highest BCUT2D eigenvalue weighted by atomic mass is 28.4. The molecule has 0 saturated carbocycles. The monoisotopic (exact) mass is 379 g/mol. The fourth-order valence-electron chi connectivity index (χ4n) is 2.55. The molecule has 0 aliphatic carbocycles. The minimum absolute atomic E-state index is 0.0976. The molecule has 27 heavy (non-hydrogen) atoms. The standard InChI is InChI=1S/C24H33NOSi/c1-7-19-25-22-16-12-11-15-21(22)23(26-27(5,6)24(2,3)4)18-17-20-13-9-8-10-14-20/h7-18,23,25H,1,19H2,2-6H3/b18-17+. The van der Waals surface area contributed by atoms with E-state index in [1.807, 2.05) is 12.1 Å². The van der Waals surface area contributed by atoms with Crippen LogP contribution in [0.1, 0.15) is 38.0 Å². The molecule has 1 N–H and O–H groups in total. The fourth-order valence-corrected chi connectivity index (χ4v) is 3.75. The van der Waals surface area contributed by atoms with E-state index < -0.39 is 8.32 Å². The van der Waals surface area contributed by atoms with Crippen molar-refractivity contribution in [1.29, 1.82) is 0 Å². The van der Waals surface area contributed by atoms with E-state index >= 15 is 0 Å². The summed E-state index contributed by atoms with van der Waals surface area (Å²) in [6, 6.07) is 18.8. The number of anilines is 1. The molecule has 0 aliphatic rings. The van der Waals surface area contributed by atoms with E-state index in [1.54, 1.807) is 0 Å². The molecule has 0 amide bonds. The Kier molecular flexibility index (Phi) is 7.23. The first-order chi connectivity index (χ1) is 12.7. The van der Waals surface area contributed by atoms with Gasteiger partial charge in [0.15, 0.2) is 8.32 Å². The van der Waals surface area contributed by atoms with Crippen molar-refractivity contribution in [3.8, 4) is 0 Å². The summed E-state index contributed by atoms with van der Waals surface area (Å²) in [7, 11) is -1.94. The van der Waals surface area contributed by atoms with Crippen LogP contribution in [0.4, 0.5) is 5.69 Å². The van der Waals surface area contributed by atoms with Crippen LogP contribution in [0.25, 0.3) is 6.08 Å². The molecule has 0 heterocycles. The average Bonchev–Trinajstić information content (AvgIpc) is 2.63. The van der Waals surface area contributed by atoms with Crippen LogP contribution < -0.4 is 5.32 Å². The summed E-state index contributed by atoms with van der Waals surface area (Å²) in [5.74, 6) is 0. The first-order valence-electron chi connectivity index (χ1n) is 9.59. The molecular formula is C24H33NOSi. The number of para-hydroxylation sites is 1. The van der Waals surface area contributed by atoms with Gasteiger partial charge in [0.25, 0.3) is 0 Å². The molecule has 2 nitrogen and oxygen atoms in total. The number of rotatable bonds is 8. The summed E-state index contributed by atoms with van der Waals surface area (Å²) in [5, 5.41) is 3.60. The predicted molar refractivity (Wildman–Crippen MR) is 122 cm³/mol. The smallest absolute Gasteiger partial charge is 0.193 e. The van der Waals surface area contributed by atoms with Gasteiger partial charge in [-0.1, -0.05) is 87.5 Å². The second-order valence-electron chi connectivity index (χ2n) is 8.33. The van der Waals surface area contributed by atoms with Gasteiger partial charge in [-0.3, -0.25) is 0 Å². The van der Waals surface area contributed by atoms with Crippen molar-refractivity contribution in [3.63, 3.8) is 0 Å². The van der Waals surface area contributed by atoms with Crippen LogP contribution in [-0.4, -0.2) is 14.9 Å². The third-order valence-electron chi connectivity index (χ3n) is 5.19. The lowest BCUT2D eigenvalue weighted by atomic mass is 10.1. The van der Waals surface area contributed by atoms with E-state index in [-0.39, 0.29) is 11.1 Å². The minimum atomic E-state index is -1.94. The van der Waals surface area contributed by atoms with Crippen molar-refractivity contribution in [3.05, 3.63) is 84.5 Å². The summed E-state index contributed by atoms with van der Waals surface area (Å²) in [4.78, 5) is 0. The molecule has 0 radical (unpaired) electrons. The van der Waals surface area contributed by atoms with Crippen LogP contribution >= 0.6 is 0 Å². The van der Waals surface area contributed by atoms with Crippen LogP contribution in [0.2, 0.25) is 18.1 Å². The second-order valence-corrected chi connectivity index (χ2v) is 13.1. The lowest BCUT2D eigenvalue weighted by molar-refractivity contribution is 0.231. The van der Waals surface area contributed by atoms with Crippen molar-refractivity contribution < 1.29 is 4.43 Å². The number of hydrogen-bond donors (Lipinski definition) is 1. The van der Waals surface area contributed by atoms with Gasteiger partial charge in [0.2, 0.25) is 0 Å². The molecular weight excluding hydrogens is 346 g/mol. The summed E-state index contributed by atoms with van der Waals surface area (Å²) < 4.78 is 6.82. The van der Waals surface area contributed by atoms with E-state index in [1.165, 1.54) is 5.56 Å². The van der Waals surface area contributed by atoms with Crippen molar-refractivity contribution in [2.75, 3.05) is 11.9 Å². The zero-order valence-corrected chi connectivity index (χ0v) is 18.3. The summed E-state index contributed by atoms with van der Waals surface area (Å²) in [6.45, 7) is 16.0. The van der Waals surface area contributed by atoms with E-state index in [0.717, 1.165) is 17.8 Å². The number of nitrogens with one attached hydrogen (secondary N) is 1. The first-order valence-corrected chi connectivity index (χ1v) is 12.5. The second kappa shape index (κ2) is 9.20. The van der Waals surface area contributed by atoms with E-state index in [0.29, 0.717) is 0 Å². The van der Waals surface area contributed by atoms with Crippen LogP contribution in [0.15, 0.2) is 73.3 Å². The van der Waals surface area contributed by atoms with Gasteiger partial charge >= 0.3 is 0 Å². The van der Waals surface area contributed by atoms with Gasteiger partial charge in [-0.15, -0.1) is 6.58 Å². The zero-order valence-electron chi connectivity index (χ0n) is 17.3. The Labute approximate surface area is 166 Å². The molecule has 144 valence electrons. The van der Waals surface area contributed by atoms with Crippen LogP contribution in [0.5, 0.6) is 0 Å². The van der Waals surface area contributed by atoms with Gasteiger partial charge < -0.3 is 9.74 Å². The maximum atomic E-state index is 6.82. The Hall–Kier alpha value is -2.10. The minimum Gasteiger partial charge on any atom is -0.406 e. The Morgan fingerprint density at radius 3 is 2.30 bits per heavy atom. The predicted octanol–water partition coefficient (Wildman–Crippen LogP) is 7.06. The maximum absolute atomic E-state index is 6.82. The van der Waals surface area contributed by atoms with Gasteiger partial charge in [0.1, 0.15) is 0 Å². The third-order valence-corrected chi connectivity index (χ3v) is 9.65. The largest absolute Gasteiger partial charge is 0.406 e. The molecule has 2 aromatic rings. The highest BCUT2D eigenvalue weighted by Crippen LogP contribution is 2.41. The molecule has 0 bridgehead atoms. The summed E-state index contributed by atoms with van der Waals surface area (Å²) >= 11 is 0. The lowest BCUT2D eigenvalue weighted by Gasteiger charge is -2.39. The highest BCUT2D eigenvalue weighted by Gasteiger charge is 2.39. The van der Waals surface area contributed by atoms with E-state index in [4.69, 9.17) is 4.43 Å². The SMILES string of the molecule is C=CCNc1ccccc1C(/C=C/c1ccccc1)O[Si](C)(C)C(C)(C)C. The summed E-state index contributed by atoms with van der Waals surface area (Å²) in [6.07, 6.45) is 6.12. The van der Waals surface area contributed by atoms with Crippen LogP contribution in [0, 0.1) is 0 Å². The van der Waals surface area contributed by atoms with Gasteiger partial charge in [-0.2, -0.15) is 0 Å². The third kappa shape index (κ3) is 5.95.